The molecule has 0 unspecified atom stereocenters. The first kappa shape index (κ1) is 15.0. The molecule has 0 spiro atoms. The number of halogens is 1. The van der Waals surface area contributed by atoms with Crippen molar-refractivity contribution in [1.29, 1.82) is 0 Å². The number of nitrogens with one attached hydrogen (secondary N) is 1. The van der Waals surface area contributed by atoms with Crippen LogP contribution in [0.4, 0.5) is 10.2 Å². The number of carboxylic acids is 1. The van der Waals surface area contributed by atoms with Gasteiger partial charge in [0.1, 0.15) is 17.5 Å². The second-order valence-electron chi connectivity index (χ2n) is 4.19. The summed E-state index contributed by atoms with van der Waals surface area (Å²) in [5.74, 6) is -1.01. The number of H-pyrrole nitrogens is 1. The van der Waals surface area contributed by atoms with Crippen LogP contribution in [-0.2, 0) is 17.0 Å². The molecular weight excluding hydrogens is 297 g/mol. The molecule has 4 N–H and O–H groups in total. The summed E-state index contributed by atoms with van der Waals surface area (Å²) in [5.41, 5.74) is 4.96. The predicted molar refractivity (Wildman–Crippen MR) is 76.6 cm³/mol. The van der Waals surface area contributed by atoms with Crippen molar-refractivity contribution >= 4 is 23.5 Å². The van der Waals surface area contributed by atoms with Gasteiger partial charge in [0.2, 0.25) is 0 Å². The number of aromatic nitrogens is 2. The van der Waals surface area contributed by atoms with E-state index in [0.717, 1.165) is 0 Å². The molecular formula is C13H12FN3O3S. The van der Waals surface area contributed by atoms with Crippen molar-refractivity contribution in [3.63, 3.8) is 0 Å². The number of aliphatic carboxylic acids is 1. The summed E-state index contributed by atoms with van der Waals surface area (Å²) in [7, 11) is 0. The molecule has 1 heterocycles. The van der Waals surface area contributed by atoms with Crippen LogP contribution in [0.5, 0.6) is 0 Å². The highest BCUT2D eigenvalue weighted by Crippen LogP contribution is 2.22. The molecule has 8 heteroatoms. The minimum Gasteiger partial charge on any atom is -0.481 e. The number of nitrogens with zero attached hydrogens (tertiary/aromatic N) is 1. The van der Waals surface area contributed by atoms with Crippen molar-refractivity contribution in [3.8, 4) is 0 Å². The first-order chi connectivity index (χ1) is 9.95. The van der Waals surface area contributed by atoms with Crippen molar-refractivity contribution < 1.29 is 14.3 Å². The topological polar surface area (TPSA) is 109 Å². The molecule has 0 bridgehead atoms. The molecule has 21 heavy (non-hydrogen) atoms. The lowest BCUT2D eigenvalue weighted by Crippen LogP contribution is -2.21. The molecule has 110 valence electrons. The number of aromatic amines is 1. The molecule has 0 atom stereocenters. The van der Waals surface area contributed by atoms with Gasteiger partial charge in [-0.2, -0.15) is 0 Å². The molecule has 0 amide bonds. The summed E-state index contributed by atoms with van der Waals surface area (Å²) in [4.78, 5) is 29.5. The zero-order valence-electron chi connectivity index (χ0n) is 10.8. The molecule has 0 aliphatic heterocycles. The predicted octanol–water partition coefficient (Wildman–Crippen LogP) is 1.41. The fourth-order valence-corrected chi connectivity index (χ4v) is 2.47. The van der Waals surface area contributed by atoms with Crippen LogP contribution in [0.15, 0.2) is 34.0 Å². The van der Waals surface area contributed by atoms with Gasteiger partial charge in [-0.15, -0.1) is 11.8 Å². The number of carboxylic acid groups (broad SMARTS) is 1. The smallest absolute Gasteiger partial charge is 0.308 e. The number of hydrogen-bond acceptors (Lipinski definition) is 5. The molecule has 0 saturated carbocycles. The lowest BCUT2D eigenvalue weighted by atomic mass is 10.2. The highest BCUT2D eigenvalue weighted by Gasteiger charge is 2.12. The van der Waals surface area contributed by atoms with E-state index in [-0.39, 0.29) is 23.0 Å². The SMILES string of the molecule is Nc1nc(CSc2cccc(F)c2)[nH]c(=O)c1CC(=O)O. The second-order valence-corrected chi connectivity index (χ2v) is 5.24. The zero-order valence-corrected chi connectivity index (χ0v) is 11.6. The minimum atomic E-state index is -1.16. The molecule has 6 nitrogen and oxygen atoms in total. The van der Waals surface area contributed by atoms with Crippen molar-refractivity contribution in [3.05, 3.63) is 51.8 Å². The van der Waals surface area contributed by atoms with Crippen LogP contribution in [0.3, 0.4) is 0 Å². The number of nitrogens with two attached hydrogens (primary N) is 1. The van der Waals surface area contributed by atoms with Crippen LogP contribution < -0.4 is 11.3 Å². The quantitative estimate of drug-likeness (QED) is 0.721. The molecule has 0 radical (unpaired) electrons. The first-order valence-electron chi connectivity index (χ1n) is 5.93. The Balaban J connectivity index is 2.15. The van der Waals surface area contributed by atoms with Crippen molar-refractivity contribution in [1.82, 2.24) is 9.97 Å². The van der Waals surface area contributed by atoms with E-state index in [1.54, 1.807) is 12.1 Å². The van der Waals surface area contributed by atoms with Gasteiger partial charge in [0.05, 0.1) is 17.7 Å². The second kappa shape index (κ2) is 6.40. The van der Waals surface area contributed by atoms with Gasteiger partial charge in [-0.05, 0) is 18.2 Å². The Bertz CT molecular complexity index is 733. The highest BCUT2D eigenvalue weighted by atomic mass is 32.2. The minimum absolute atomic E-state index is 0.0676. The molecule has 1 aromatic heterocycles. The standard InChI is InChI=1S/C13H12FN3O3S/c14-7-2-1-3-8(4-7)21-6-10-16-12(15)9(5-11(18)19)13(20)17-10/h1-4H,5-6H2,(H,18,19)(H3,15,16,17,20). The number of rotatable bonds is 5. The lowest BCUT2D eigenvalue weighted by molar-refractivity contribution is -0.136. The van der Waals surface area contributed by atoms with Crippen molar-refractivity contribution in [2.24, 2.45) is 0 Å². The first-order valence-corrected chi connectivity index (χ1v) is 6.92. The largest absolute Gasteiger partial charge is 0.481 e. The number of anilines is 1. The van der Waals surface area contributed by atoms with Gasteiger partial charge in [0, 0.05) is 4.90 Å². The van der Waals surface area contributed by atoms with Crippen molar-refractivity contribution in [2.75, 3.05) is 5.73 Å². The Morgan fingerprint density at radius 2 is 2.24 bits per heavy atom. The van der Waals surface area contributed by atoms with Gasteiger partial charge in [0.25, 0.3) is 5.56 Å². The molecule has 0 aliphatic carbocycles. The Labute approximate surface area is 123 Å². The van der Waals surface area contributed by atoms with E-state index in [0.29, 0.717) is 10.7 Å². The summed E-state index contributed by atoms with van der Waals surface area (Å²) in [5, 5.41) is 8.69. The molecule has 2 rings (SSSR count). The lowest BCUT2D eigenvalue weighted by Gasteiger charge is -2.05. The van der Waals surface area contributed by atoms with Crippen molar-refractivity contribution in [2.45, 2.75) is 17.1 Å². The summed E-state index contributed by atoms with van der Waals surface area (Å²) in [6.45, 7) is 0. The molecule has 0 fully saturated rings. The maximum absolute atomic E-state index is 13.0. The third-order valence-corrected chi connectivity index (χ3v) is 3.60. The third-order valence-electron chi connectivity index (χ3n) is 2.60. The summed E-state index contributed by atoms with van der Waals surface area (Å²) in [6.07, 6.45) is -0.481. The Morgan fingerprint density at radius 3 is 2.86 bits per heavy atom. The zero-order chi connectivity index (χ0) is 15.4. The Morgan fingerprint density at radius 1 is 1.48 bits per heavy atom. The van der Waals surface area contributed by atoms with Gasteiger partial charge in [-0.1, -0.05) is 6.07 Å². The fraction of sp³-hybridized carbons (Fsp3) is 0.154. The normalized spacial score (nSPS) is 10.5. The Hall–Kier alpha value is -2.35. The third kappa shape index (κ3) is 4.06. The van der Waals surface area contributed by atoms with Gasteiger partial charge in [-0.25, -0.2) is 9.37 Å². The van der Waals surface area contributed by atoms with E-state index in [1.807, 2.05) is 0 Å². The van der Waals surface area contributed by atoms with Gasteiger partial charge in [0.15, 0.2) is 0 Å². The number of benzene rings is 1. The number of thioether (sulfide) groups is 1. The highest BCUT2D eigenvalue weighted by molar-refractivity contribution is 7.98. The average Bonchev–Trinajstić information content (AvgIpc) is 2.40. The summed E-state index contributed by atoms with van der Waals surface area (Å²) in [6, 6.07) is 6.01. The van der Waals surface area contributed by atoms with E-state index >= 15 is 0 Å². The van der Waals surface area contributed by atoms with Crippen LogP contribution in [0.2, 0.25) is 0 Å². The van der Waals surface area contributed by atoms with Crippen LogP contribution in [0, 0.1) is 5.82 Å². The number of carbonyl (C=O) groups is 1. The van der Waals surface area contributed by atoms with E-state index in [4.69, 9.17) is 10.8 Å². The Kier molecular flexibility index (Phi) is 4.59. The van der Waals surface area contributed by atoms with Crippen LogP contribution in [0.1, 0.15) is 11.4 Å². The van der Waals surface area contributed by atoms with E-state index in [1.165, 1.54) is 23.9 Å². The van der Waals surface area contributed by atoms with Crippen LogP contribution in [-0.4, -0.2) is 21.0 Å². The van der Waals surface area contributed by atoms with Gasteiger partial charge < -0.3 is 15.8 Å². The average molecular weight is 309 g/mol. The van der Waals surface area contributed by atoms with E-state index in [2.05, 4.69) is 9.97 Å². The van der Waals surface area contributed by atoms with E-state index < -0.39 is 17.9 Å². The van der Waals surface area contributed by atoms with Crippen LogP contribution in [0.25, 0.3) is 0 Å². The van der Waals surface area contributed by atoms with E-state index in [9.17, 15) is 14.0 Å². The summed E-state index contributed by atoms with van der Waals surface area (Å²) < 4.78 is 13.0. The number of hydrogen-bond donors (Lipinski definition) is 3. The van der Waals surface area contributed by atoms with Gasteiger partial charge >= 0.3 is 5.97 Å². The monoisotopic (exact) mass is 309 g/mol. The number of nitrogen functional groups attached to an aromatic ring is 1. The molecule has 2 aromatic rings. The fourth-order valence-electron chi connectivity index (χ4n) is 1.66. The maximum Gasteiger partial charge on any atom is 0.308 e. The molecule has 1 aromatic carbocycles. The van der Waals surface area contributed by atoms with Crippen LogP contribution >= 0.6 is 11.8 Å². The molecule has 0 aliphatic rings. The maximum atomic E-state index is 13.0. The van der Waals surface area contributed by atoms with Gasteiger partial charge in [-0.3, -0.25) is 9.59 Å². The summed E-state index contributed by atoms with van der Waals surface area (Å²) >= 11 is 1.28. The molecule has 0 saturated heterocycles.